The number of rotatable bonds is 5. The van der Waals surface area contributed by atoms with Crippen molar-refractivity contribution in [2.24, 2.45) is 0 Å². The van der Waals surface area contributed by atoms with Crippen LogP contribution in [-0.2, 0) is 6.61 Å². The fourth-order valence-corrected chi connectivity index (χ4v) is 3.18. The number of amides is 1. The summed E-state index contributed by atoms with van der Waals surface area (Å²) in [5.41, 5.74) is 0.871. The number of H-pyrrole nitrogens is 1. The van der Waals surface area contributed by atoms with Crippen molar-refractivity contribution in [3.8, 4) is 0 Å². The summed E-state index contributed by atoms with van der Waals surface area (Å²) in [5.74, 6) is 2.10. The molecule has 4 rings (SSSR count). The van der Waals surface area contributed by atoms with E-state index in [1.807, 2.05) is 6.92 Å². The molecule has 2 aliphatic rings. The van der Waals surface area contributed by atoms with Crippen LogP contribution >= 0.6 is 0 Å². The summed E-state index contributed by atoms with van der Waals surface area (Å²) in [5, 5.41) is 20.7. The smallest absolute Gasteiger partial charge is 0.287 e. The number of aromatic nitrogens is 5. The molecule has 122 valence electrons. The van der Waals surface area contributed by atoms with E-state index in [2.05, 4.69) is 30.0 Å². The molecule has 0 radical (unpaired) electrons. The Balaban J connectivity index is 1.38. The summed E-state index contributed by atoms with van der Waals surface area (Å²) >= 11 is 0. The molecule has 0 spiro atoms. The SMILES string of the molecule is Cc1cnc(C(=O)NC2CC(c3nnc(CO)n3C3CC3)C2)[nH]1. The monoisotopic (exact) mass is 316 g/mol. The number of aromatic amines is 1. The molecule has 2 aliphatic carbocycles. The van der Waals surface area contributed by atoms with Gasteiger partial charge in [-0.2, -0.15) is 0 Å². The number of aliphatic hydroxyl groups is 1. The van der Waals surface area contributed by atoms with Gasteiger partial charge in [-0.15, -0.1) is 10.2 Å². The third-order valence-electron chi connectivity index (χ3n) is 4.60. The Kier molecular flexibility index (Phi) is 3.41. The number of hydrogen-bond donors (Lipinski definition) is 3. The van der Waals surface area contributed by atoms with Crippen LogP contribution < -0.4 is 5.32 Å². The van der Waals surface area contributed by atoms with Crippen molar-refractivity contribution in [3.63, 3.8) is 0 Å². The van der Waals surface area contributed by atoms with E-state index < -0.39 is 0 Å². The highest BCUT2D eigenvalue weighted by molar-refractivity contribution is 5.90. The van der Waals surface area contributed by atoms with Crippen LogP contribution in [0.2, 0.25) is 0 Å². The third-order valence-corrected chi connectivity index (χ3v) is 4.60. The predicted molar refractivity (Wildman–Crippen MR) is 80.8 cm³/mol. The molecule has 3 N–H and O–H groups in total. The highest BCUT2D eigenvalue weighted by atomic mass is 16.3. The van der Waals surface area contributed by atoms with Crippen molar-refractivity contribution in [1.29, 1.82) is 0 Å². The molecule has 0 aromatic carbocycles. The van der Waals surface area contributed by atoms with Gasteiger partial charge in [-0.1, -0.05) is 0 Å². The van der Waals surface area contributed by atoms with Gasteiger partial charge in [0.15, 0.2) is 11.6 Å². The molecule has 23 heavy (non-hydrogen) atoms. The standard InChI is InChI=1S/C15H20N6O2/c1-8-6-16-13(17-8)15(23)18-10-4-9(5-10)14-20-19-12(7-22)21(14)11-2-3-11/h6,9-11,22H,2-5,7H2,1H3,(H,16,17)(H,18,23). The van der Waals surface area contributed by atoms with Crippen LogP contribution in [0.1, 0.15) is 65.6 Å². The number of imidazole rings is 1. The molecular weight excluding hydrogens is 296 g/mol. The van der Waals surface area contributed by atoms with Crippen molar-refractivity contribution in [2.75, 3.05) is 0 Å². The second-order valence-corrected chi connectivity index (χ2v) is 6.49. The molecule has 2 heterocycles. The highest BCUT2D eigenvalue weighted by Crippen LogP contribution is 2.42. The zero-order valence-corrected chi connectivity index (χ0v) is 13.0. The van der Waals surface area contributed by atoms with Crippen LogP contribution in [0, 0.1) is 6.92 Å². The maximum atomic E-state index is 12.1. The number of nitrogens with one attached hydrogen (secondary N) is 2. The lowest BCUT2D eigenvalue weighted by Gasteiger charge is -2.35. The normalized spacial score (nSPS) is 23.6. The molecule has 0 saturated heterocycles. The summed E-state index contributed by atoms with van der Waals surface area (Å²) < 4.78 is 2.10. The van der Waals surface area contributed by atoms with Crippen LogP contribution in [0.5, 0.6) is 0 Å². The first-order valence-electron chi connectivity index (χ1n) is 8.02. The number of hydrogen-bond acceptors (Lipinski definition) is 5. The van der Waals surface area contributed by atoms with Gasteiger partial charge in [-0.3, -0.25) is 4.79 Å². The van der Waals surface area contributed by atoms with E-state index in [0.717, 1.165) is 37.2 Å². The number of carbonyl (C=O) groups is 1. The van der Waals surface area contributed by atoms with Gasteiger partial charge in [0, 0.05) is 29.9 Å². The first-order chi connectivity index (χ1) is 11.2. The molecule has 2 aromatic heterocycles. The summed E-state index contributed by atoms with van der Waals surface area (Å²) in [6, 6.07) is 0.585. The molecule has 1 amide bonds. The third kappa shape index (κ3) is 2.63. The number of carbonyl (C=O) groups excluding carboxylic acids is 1. The summed E-state index contributed by atoms with van der Waals surface area (Å²) in [7, 11) is 0. The fraction of sp³-hybridized carbons (Fsp3) is 0.600. The molecule has 2 fully saturated rings. The van der Waals surface area contributed by atoms with E-state index in [1.165, 1.54) is 0 Å². The molecule has 0 unspecified atom stereocenters. The van der Waals surface area contributed by atoms with E-state index in [4.69, 9.17) is 0 Å². The van der Waals surface area contributed by atoms with Crippen LogP contribution in [-0.4, -0.2) is 41.8 Å². The maximum absolute atomic E-state index is 12.1. The summed E-state index contributed by atoms with van der Waals surface area (Å²) in [4.78, 5) is 19.0. The molecular formula is C15H20N6O2. The van der Waals surface area contributed by atoms with Crippen LogP contribution in [0.4, 0.5) is 0 Å². The van der Waals surface area contributed by atoms with Crippen molar-refractivity contribution in [2.45, 2.75) is 57.2 Å². The Morgan fingerprint density at radius 1 is 1.43 bits per heavy atom. The van der Waals surface area contributed by atoms with Crippen molar-refractivity contribution < 1.29 is 9.90 Å². The second-order valence-electron chi connectivity index (χ2n) is 6.49. The molecule has 2 saturated carbocycles. The average molecular weight is 316 g/mol. The Bertz CT molecular complexity index is 726. The lowest BCUT2D eigenvalue weighted by atomic mass is 9.79. The van der Waals surface area contributed by atoms with Gasteiger partial charge in [0.05, 0.1) is 0 Å². The number of aliphatic hydroxyl groups excluding tert-OH is 1. The van der Waals surface area contributed by atoms with Gasteiger partial charge in [-0.25, -0.2) is 4.98 Å². The molecule has 0 bridgehead atoms. The van der Waals surface area contributed by atoms with Gasteiger partial charge in [0.25, 0.3) is 5.91 Å². The minimum atomic E-state index is -0.166. The highest BCUT2D eigenvalue weighted by Gasteiger charge is 2.38. The predicted octanol–water partition coefficient (Wildman–Crippen LogP) is 0.813. The van der Waals surface area contributed by atoms with E-state index in [0.29, 0.717) is 23.6 Å². The van der Waals surface area contributed by atoms with Gasteiger partial charge in [0.2, 0.25) is 0 Å². The van der Waals surface area contributed by atoms with Crippen molar-refractivity contribution >= 4 is 5.91 Å². The average Bonchev–Trinajstić information content (AvgIpc) is 3.10. The van der Waals surface area contributed by atoms with Gasteiger partial charge < -0.3 is 20.0 Å². The van der Waals surface area contributed by atoms with Gasteiger partial charge in [0.1, 0.15) is 12.4 Å². The molecule has 8 nitrogen and oxygen atoms in total. The maximum Gasteiger partial charge on any atom is 0.287 e. The van der Waals surface area contributed by atoms with Crippen molar-refractivity contribution in [3.05, 3.63) is 29.4 Å². The minimum absolute atomic E-state index is 0.0752. The molecule has 0 atom stereocenters. The number of aryl methyl sites for hydroxylation is 1. The Labute approximate surface area is 133 Å². The van der Waals surface area contributed by atoms with Crippen molar-refractivity contribution in [1.82, 2.24) is 30.0 Å². The van der Waals surface area contributed by atoms with Crippen LogP contribution in [0.3, 0.4) is 0 Å². The molecule has 8 heteroatoms. The zero-order valence-electron chi connectivity index (χ0n) is 13.0. The molecule has 0 aliphatic heterocycles. The second kappa shape index (κ2) is 5.45. The quantitative estimate of drug-likeness (QED) is 0.756. The van der Waals surface area contributed by atoms with E-state index in [9.17, 15) is 9.90 Å². The van der Waals surface area contributed by atoms with Crippen LogP contribution in [0.25, 0.3) is 0 Å². The largest absolute Gasteiger partial charge is 0.388 e. The number of nitrogens with zero attached hydrogens (tertiary/aromatic N) is 4. The van der Waals surface area contributed by atoms with E-state index in [1.54, 1.807) is 6.20 Å². The van der Waals surface area contributed by atoms with Gasteiger partial charge >= 0.3 is 0 Å². The first-order valence-corrected chi connectivity index (χ1v) is 8.02. The fourth-order valence-electron chi connectivity index (χ4n) is 3.18. The first kappa shape index (κ1) is 14.4. The Hall–Kier alpha value is -2.22. The summed E-state index contributed by atoms with van der Waals surface area (Å²) in [6.07, 6.45) is 5.60. The zero-order chi connectivity index (χ0) is 16.0. The Morgan fingerprint density at radius 2 is 2.22 bits per heavy atom. The minimum Gasteiger partial charge on any atom is -0.388 e. The summed E-state index contributed by atoms with van der Waals surface area (Å²) in [6.45, 7) is 1.79. The lowest BCUT2D eigenvalue weighted by molar-refractivity contribution is 0.0897. The molecule has 2 aromatic rings. The topological polar surface area (TPSA) is 109 Å². The van der Waals surface area contributed by atoms with Crippen LogP contribution in [0.15, 0.2) is 6.20 Å². The Morgan fingerprint density at radius 3 is 2.83 bits per heavy atom. The van der Waals surface area contributed by atoms with E-state index >= 15 is 0 Å². The lowest BCUT2D eigenvalue weighted by Crippen LogP contribution is -2.44. The van der Waals surface area contributed by atoms with E-state index in [-0.39, 0.29) is 18.6 Å². The van der Waals surface area contributed by atoms with Gasteiger partial charge in [-0.05, 0) is 32.6 Å².